The van der Waals surface area contributed by atoms with Crippen LogP contribution in [0.15, 0.2) is 48.5 Å². The first kappa shape index (κ1) is 23.1. The first-order chi connectivity index (χ1) is 14.7. The lowest BCUT2D eigenvalue weighted by Gasteiger charge is -2.42. The molecule has 4 nitrogen and oxygen atoms in total. The number of benzene rings is 2. The molecule has 0 unspecified atom stereocenters. The third-order valence-electron chi connectivity index (χ3n) is 6.38. The zero-order valence-corrected chi connectivity index (χ0v) is 20.8. The van der Waals surface area contributed by atoms with E-state index in [0.29, 0.717) is 22.2 Å². The molecule has 0 aliphatic carbocycles. The van der Waals surface area contributed by atoms with Crippen molar-refractivity contribution in [1.29, 1.82) is 0 Å². The predicted molar refractivity (Wildman–Crippen MR) is 130 cm³/mol. The maximum Gasteiger partial charge on any atom is 0.340 e. The molecule has 0 fully saturated rings. The minimum atomic E-state index is -2.08. The summed E-state index contributed by atoms with van der Waals surface area (Å²) in [6.45, 7) is 15.8. The van der Waals surface area contributed by atoms with Gasteiger partial charge in [-0.1, -0.05) is 71.9 Å². The molecule has 0 saturated heterocycles. The van der Waals surface area contributed by atoms with Crippen molar-refractivity contribution < 1.29 is 14.0 Å². The molecule has 0 aliphatic rings. The number of aromatic amines is 1. The number of carbonyl (C=O) groups excluding carboxylic acids is 1. The number of carbonyl (C=O) groups is 1. The van der Waals surface area contributed by atoms with Crippen LogP contribution in [-0.2, 0) is 11.3 Å². The number of aromatic nitrogens is 1. The molecule has 166 valence electrons. The number of rotatable bonds is 8. The van der Waals surface area contributed by atoms with Crippen molar-refractivity contribution in [3.05, 3.63) is 65.4 Å². The molecule has 3 rings (SSSR count). The molecule has 31 heavy (non-hydrogen) atoms. The Labute approximate surface area is 187 Å². The molecule has 1 N–H and O–H groups in total. The second-order valence-electron chi connectivity index (χ2n) is 9.31. The van der Waals surface area contributed by atoms with Crippen molar-refractivity contribution in [3.63, 3.8) is 0 Å². The summed E-state index contributed by atoms with van der Waals surface area (Å²) in [6.07, 6.45) is 0. The molecular formula is C26H35NO3Si. The van der Waals surface area contributed by atoms with E-state index in [2.05, 4.69) is 46.5 Å². The summed E-state index contributed by atoms with van der Waals surface area (Å²) in [6, 6.07) is 15.8. The predicted octanol–water partition coefficient (Wildman–Crippen LogP) is 7.39. The van der Waals surface area contributed by atoms with Crippen LogP contribution in [-0.4, -0.2) is 19.3 Å². The van der Waals surface area contributed by atoms with Gasteiger partial charge in [0.15, 0.2) is 0 Å². The molecule has 1 heterocycles. The van der Waals surface area contributed by atoms with Crippen LogP contribution >= 0.6 is 0 Å². The summed E-state index contributed by atoms with van der Waals surface area (Å²) in [5.74, 6) is 0.524. The van der Waals surface area contributed by atoms with Crippen molar-refractivity contribution in [2.75, 3.05) is 0 Å². The summed E-state index contributed by atoms with van der Waals surface area (Å²) in [7, 11) is -2.08. The van der Waals surface area contributed by atoms with Gasteiger partial charge in [-0.15, -0.1) is 0 Å². The maximum absolute atomic E-state index is 13.0. The van der Waals surface area contributed by atoms with E-state index in [9.17, 15) is 4.79 Å². The van der Waals surface area contributed by atoms with Crippen LogP contribution in [0.25, 0.3) is 10.9 Å². The minimum absolute atomic E-state index is 0.256. The van der Waals surface area contributed by atoms with Gasteiger partial charge in [-0.05, 0) is 47.3 Å². The number of aryl methyl sites for hydroxylation is 1. The van der Waals surface area contributed by atoms with Crippen LogP contribution in [0.2, 0.25) is 16.6 Å². The second kappa shape index (κ2) is 9.31. The Morgan fingerprint density at radius 3 is 2.13 bits per heavy atom. The van der Waals surface area contributed by atoms with Gasteiger partial charge in [-0.2, -0.15) is 0 Å². The van der Waals surface area contributed by atoms with Gasteiger partial charge in [0.1, 0.15) is 12.4 Å². The van der Waals surface area contributed by atoms with Crippen LogP contribution in [0.4, 0.5) is 0 Å². The van der Waals surface area contributed by atoms with E-state index in [1.807, 2.05) is 55.5 Å². The van der Waals surface area contributed by atoms with Crippen molar-refractivity contribution in [3.8, 4) is 5.75 Å². The summed E-state index contributed by atoms with van der Waals surface area (Å²) in [4.78, 5) is 16.3. The van der Waals surface area contributed by atoms with Gasteiger partial charge in [-0.3, -0.25) is 0 Å². The second-order valence-corrected chi connectivity index (χ2v) is 14.7. The monoisotopic (exact) mass is 437 g/mol. The van der Waals surface area contributed by atoms with Crippen molar-refractivity contribution in [1.82, 2.24) is 4.98 Å². The SMILES string of the molecule is Cc1[nH]c2ccc(O[Si](C(C)C)(C(C)C)C(C)C)cc2c1C(=O)OCc1ccccc1. The summed E-state index contributed by atoms with van der Waals surface area (Å²) >= 11 is 0. The van der Waals surface area contributed by atoms with Crippen LogP contribution < -0.4 is 4.43 Å². The number of ether oxygens (including phenoxy) is 1. The Balaban J connectivity index is 1.94. The molecule has 0 aliphatic heterocycles. The highest BCUT2D eigenvalue weighted by molar-refractivity contribution is 6.78. The molecule has 0 radical (unpaired) electrons. The molecule has 3 aromatic rings. The van der Waals surface area contributed by atoms with Gasteiger partial charge in [-0.25, -0.2) is 4.79 Å². The molecule has 0 spiro atoms. The summed E-state index contributed by atoms with van der Waals surface area (Å²) in [5.41, 5.74) is 4.72. The zero-order valence-electron chi connectivity index (χ0n) is 19.8. The Bertz CT molecular complexity index is 1020. The Kier molecular flexibility index (Phi) is 6.95. The number of hydrogen-bond acceptors (Lipinski definition) is 3. The van der Waals surface area contributed by atoms with Crippen LogP contribution in [0.3, 0.4) is 0 Å². The van der Waals surface area contributed by atoms with Crippen molar-refractivity contribution >= 4 is 25.2 Å². The van der Waals surface area contributed by atoms with Gasteiger partial charge in [0.2, 0.25) is 0 Å². The Hall–Kier alpha value is -2.53. The molecule has 0 bridgehead atoms. The third-order valence-corrected chi connectivity index (χ3v) is 12.4. The maximum atomic E-state index is 13.0. The lowest BCUT2D eigenvalue weighted by atomic mass is 10.1. The van der Waals surface area contributed by atoms with E-state index in [0.717, 1.165) is 27.9 Å². The van der Waals surface area contributed by atoms with Gasteiger partial charge >= 0.3 is 5.97 Å². The first-order valence-corrected chi connectivity index (χ1v) is 13.3. The molecule has 2 aromatic carbocycles. The fraction of sp³-hybridized carbons (Fsp3) is 0.423. The lowest BCUT2D eigenvalue weighted by Crippen LogP contribution is -2.50. The Morgan fingerprint density at radius 1 is 0.935 bits per heavy atom. The number of esters is 1. The smallest absolute Gasteiger partial charge is 0.340 e. The van der Waals surface area contributed by atoms with Gasteiger partial charge in [0.25, 0.3) is 8.32 Å². The van der Waals surface area contributed by atoms with Gasteiger partial charge in [0, 0.05) is 16.6 Å². The number of nitrogens with one attached hydrogen (secondary N) is 1. The minimum Gasteiger partial charge on any atom is -0.543 e. The zero-order chi connectivity index (χ0) is 22.8. The summed E-state index contributed by atoms with van der Waals surface area (Å²) in [5, 5.41) is 0.854. The highest BCUT2D eigenvalue weighted by Gasteiger charge is 2.47. The number of H-pyrrole nitrogens is 1. The van der Waals surface area contributed by atoms with Crippen molar-refractivity contribution in [2.45, 2.75) is 71.7 Å². The lowest BCUT2D eigenvalue weighted by molar-refractivity contribution is 0.0474. The van der Waals surface area contributed by atoms with Crippen molar-refractivity contribution in [2.24, 2.45) is 0 Å². The largest absolute Gasteiger partial charge is 0.543 e. The van der Waals surface area contributed by atoms with E-state index < -0.39 is 8.32 Å². The van der Waals surface area contributed by atoms with Gasteiger partial charge in [0.05, 0.1) is 5.56 Å². The molecule has 0 amide bonds. The average molecular weight is 438 g/mol. The van der Waals surface area contributed by atoms with E-state index in [4.69, 9.17) is 9.16 Å². The molecule has 1 aromatic heterocycles. The Morgan fingerprint density at radius 2 is 1.55 bits per heavy atom. The highest BCUT2D eigenvalue weighted by Crippen LogP contribution is 2.43. The average Bonchev–Trinajstić information content (AvgIpc) is 3.05. The van der Waals surface area contributed by atoms with E-state index in [1.54, 1.807) is 0 Å². The van der Waals surface area contributed by atoms with Crippen LogP contribution in [0, 0.1) is 6.92 Å². The molecule has 5 heteroatoms. The van der Waals surface area contributed by atoms with E-state index >= 15 is 0 Å². The van der Waals surface area contributed by atoms with Gasteiger partial charge < -0.3 is 14.1 Å². The normalized spacial score (nSPS) is 12.2. The van der Waals surface area contributed by atoms with E-state index in [1.165, 1.54) is 0 Å². The van der Waals surface area contributed by atoms with Crippen LogP contribution in [0.5, 0.6) is 5.75 Å². The quantitative estimate of drug-likeness (QED) is 0.295. The summed E-state index contributed by atoms with van der Waals surface area (Å²) < 4.78 is 12.5. The number of fused-ring (bicyclic) bond motifs is 1. The third kappa shape index (κ3) is 4.57. The molecular weight excluding hydrogens is 402 g/mol. The van der Waals surface area contributed by atoms with Crippen LogP contribution in [0.1, 0.15) is 63.2 Å². The number of hydrogen-bond donors (Lipinski definition) is 1. The highest BCUT2D eigenvalue weighted by atomic mass is 28.4. The van der Waals surface area contributed by atoms with E-state index in [-0.39, 0.29) is 12.6 Å². The topological polar surface area (TPSA) is 51.3 Å². The fourth-order valence-electron chi connectivity index (χ4n) is 4.99. The molecule has 0 atom stereocenters. The first-order valence-electron chi connectivity index (χ1n) is 11.2. The standard InChI is InChI=1S/C26H35NO3Si/c1-17(2)31(18(3)4,19(5)6)30-22-13-14-24-23(15-22)25(20(7)27-24)26(28)29-16-21-11-9-8-10-12-21/h8-15,17-19,27H,16H2,1-7H3. The molecule has 0 saturated carbocycles. The fourth-order valence-corrected chi connectivity index (χ4v) is 10.2.